The minimum absolute atomic E-state index is 0.0651. The summed E-state index contributed by atoms with van der Waals surface area (Å²) in [7, 11) is 0. The molecule has 168 valence electrons. The van der Waals surface area contributed by atoms with E-state index in [2.05, 4.69) is 10.3 Å². The van der Waals surface area contributed by atoms with Crippen LogP contribution in [-0.2, 0) is 16.0 Å². The molecule has 1 aromatic heterocycles. The normalized spacial score (nSPS) is 13.4. The molecule has 0 saturated heterocycles. The van der Waals surface area contributed by atoms with Crippen molar-refractivity contribution in [1.82, 2.24) is 10.3 Å². The van der Waals surface area contributed by atoms with Crippen LogP contribution in [-0.4, -0.2) is 33.3 Å². The van der Waals surface area contributed by atoms with E-state index in [1.165, 1.54) is 6.92 Å². The van der Waals surface area contributed by atoms with Crippen molar-refractivity contribution in [2.75, 3.05) is 0 Å². The number of pyridine rings is 1. The van der Waals surface area contributed by atoms with Crippen molar-refractivity contribution in [3.63, 3.8) is 0 Å². The molecule has 6 nitrogen and oxygen atoms in total. The number of aliphatic carboxylic acids is 1. The van der Waals surface area contributed by atoms with Crippen molar-refractivity contribution in [2.45, 2.75) is 45.3 Å². The molecule has 0 unspecified atom stereocenters. The van der Waals surface area contributed by atoms with Crippen LogP contribution in [0.15, 0.2) is 48.5 Å². The number of hydrogen-bond donors (Lipinski definition) is 2. The third-order valence-corrected chi connectivity index (χ3v) is 5.41. The van der Waals surface area contributed by atoms with Gasteiger partial charge in [0, 0.05) is 17.4 Å². The number of hydrogen-bond acceptors (Lipinski definition) is 4. The number of carbonyl (C=O) groups excluding carboxylic acids is 1. The lowest BCUT2D eigenvalue weighted by Crippen LogP contribution is -2.54. The molecule has 2 N–H and O–H groups in total. The van der Waals surface area contributed by atoms with Crippen LogP contribution in [0.4, 0.5) is 4.79 Å². The maximum atomic E-state index is 12.2. The molecule has 0 aliphatic carbocycles. The lowest BCUT2D eigenvalue weighted by atomic mass is 9.92. The molecule has 0 radical (unpaired) electrons. The number of carboxylic acid groups (broad SMARTS) is 1. The average molecular weight is 475 g/mol. The maximum absolute atomic E-state index is 12.2. The number of alkyl carbamates (subject to hydrolysis) is 1. The highest BCUT2D eigenvalue weighted by Crippen LogP contribution is 2.34. The van der Waals surface area contributed by atoms with Crippen molar-refractivity contribution in [2.24, 2.45) is 0 Å². The van der Waals surface area contributed by atoms with Crippen LogP contribution in [0.5, 0.6) is 0 Å². The van der Waals surface area contributed by atoms with Crippen LogP contribution in [0.2, 0.25) is 10.0 Å². The number of halogens is 2. The first kappa shape index (κ1) is 23.8. The van der Waals surface area contributed by atoms with Crippen molar-refractivity contribution >= 4 is 46.2 Å². The van der Waals surface area contributed by atoms with E-state index in [-0.39, 0.29) is 6.42 Å². The first-order valence-corrected chi connectivity index (χ1v) is 10.7. The van der Waals surface area contributed by atoms with Crippen LogP contribution < -0.4 is 5.32 Å². The lowest BCUT2D eigenvalue weighted by Gasteiger charge is -2.28. The van der Waals surface area contributed by atoms with Crippen molar-refractivity contribution in [3.8, 4) is 11.3 Å². The zero-order valence-electron chi connectivity index (χ0n) is 18.2. The van der Waals surface area contributed by atoms with Gasteiger partial charge in [0.1, 0.15) is 11.1 Å². The first-order chi connectivity index (χ1) is 14.9. The summed E-state index contributed by atoms with van der Waals surface area (Å²) in [5, 5.41) is 14.1. The van der Waals surface area contributed by atoms with Gasteiger partial charge in [-0.15, -0.1) is 0 Å². The summed E-state index contributed by atoms with van der Waals surface area (Å²) in [6.45, 7) is 6.59. The zero-order valence-corrected chi connectivity index (χ0v) is 19.7. The van der Waals surface area contributed by atoms with Gasteiger partial charge in [-0.1, -0.05) is 41.4 Å². The van der Waals surface area contributed by atoms with Crippen LogP contribution in [0.1, 0.15) is 33.3 Å². The largest absolute Gasteiger partial charge is 0.480 e. The molecule has 0 aliphatic heterocycles. The SMILES string of the molecule is CC(C)(C)OC(=O)N[C@@](C)(Cc1ccc2nc(-c3c(Cl)cccc3Cl)ccc2c1)C(=O)O. The van der Waals surface area contributed by atoms with Crippen molar-refractivity contribution < 1.29 is 19.4 Å². The number of carboxylic acids is 1. The summed E-state index contributed by atoms with van der Waals surface area (Å²) in [4.78, 5) is 28.8. The molecular weight excluding hydrogens is 451 g/mol. The number of amides is 1. The molecular formula is C24H24Cl2N2O4. The third kappa shape index (κ3) is 5.50. The van der Waals surface area contributed by atoms with Crippen LogP contribution in [0.3, 0.4) is 0 Å². The predicted molar refractivity (Wildman–Crippen MR) is 126 cm³/mol. The molecule has 32 heavy (non-hydrogen) atoms. The molecule has 0 bridgehead atoms. The quantitative estimate of drug-likeness (QED) is 0.464. The minimum Gasteiger partial charge on any atom is -0.480 e. The number of aromatic nitrogens is 1. The standard InChI is InChI=1S/C24H24Cl2N2O4/c1-23(2,3)32-22(31)28-24(4,21(29)30)13-14-8-10-18-15(12-14)9-11-19(27-18)20-16(25)6-5-7-17(20)26/h5-12H,13H2,1-4H3,(H,28,31)(H,29,30)/t24-/m0/s1. The number of nitrogens with zero attached hydrogens (tertiary/aromatic N) is 1. The Morgan fingerprint density at radius 3 is 2.28 bits per heavy atom. The van der Waals surface area contributed by atoms with Crippen LogP contribution >= 0.6 is 23.2 Å². The molecule has 3 rings (SSSR count). The van der Waals surface area contributed by atoms with Gasteiger partial charge in [-0.25, -0.2) is 14.6 Å². The highest BCUT2D eigenvalue weighted by Gasteiger charge is 2.36. The Morgan fingerprint density at radius 1 is 1.03 bits per heavy atom. The first-order valence-electron chi connectivity index (χ1n) is 9.97. The Bertz CT molecular complexity index is 1170. The summed E-state index contributed by atoms with van der Waals surface area (Å²) in [5.74, 6) is -1.16. The number of carbonyl (C=O) groups is 2. The lowest BCUT2D eigenvalue weighted by molar-refractivity contribution is -0.144. The highest BCUT2D eigenvalue weighted by atomic mass is 35.5. The van der Waals surface area contributed by atoms with Gasteiger partial charge in [-0.3, -0.25) is 0 Å². The number of rotatable bonds is 5. The fourth-order valence-corrected chi connectivity index (χ4v) is 3.87. The van der Waals surface area contributed by atoms with Gasteiger partial charge >= 0.3 is 12.1 Å². The summed E-state index contributed by atoms with van der Waals surface area (Å²) < 4.78 is 5.22. The van der Waals surface area contributed by atoms with Gasteiger partial charge in [0.15, 0.2) is 0 Å². The Labute approximate surface area is 196 Å². The Morgan fingerprint density at radius 2 is 1.69 bits per heavy atom. The summed E-state index contributed by atoms with van der Waals surface area (Å²) in [6, 6.07) is 14.4. The number of fused-ring (bicyclic) bond motifs is 1. The molecule has 2 aromatic carbocycles. The fourth-order valence-electron chi connectivity index (χ4n) is 3.28. The van der Waals surface area contributed by atoms with E-state index in [1.54, 1.807) is 51.1 Å². The molecule has 3 aromatic rings. The van der Waals surface area contributed by atoms with Gasteiger partial charge in [0.05, 0.1) is 21.3 Å². The van der Waals surface area contributed by atoms with Crippen LogP contribution in [0, 0.1) is 0 Å². The Hall–Kier alpha value is -2.83. The van der Waals surface area contributed by atoms with E-state index >= 15 is 0 Å². The van der Waals surface area contributed by atoms with Gasteiger partial charge < -0.3 is 15.2 Å². The van der Waals surface area contributed by atoms with Crippen molar-refractivity contribution in [3.05, 3.63) is 64.1 Å². The van der Waals surface area contributed by atoms with Gasteiger partial charge in [0.2, 0.25) is 0 Å². The van der Waals surface area contributed by atoms with E-state index in [0.717, 1.165) is 10.9 Å². The smallest absolute Gasteiger partial charge is 0.408 e. The van der Waals surface area contributed by atoms with E-state index in [9.17, 15) is 14.7 Å². The summed E-state index contributed by atoms with van der Waals surface area (Å²) in [5.41, 5.74) is 0.447. The van der Waals surface area contributed by atoms with E-state index < -0.39 is 23.2 Å². The Kier molecular flexibility index (Phi) is 6.67. The van der Waals surface area contributed by atoms with E-state index in [4.69, 9.17) is 27.9 Å². The summed E-state index contributed by atoms with van der Waals surface area (Å²) in [6.07, 6.45) is -0.721. The zero-order chi connectivity index (χ0) is 23.7. The molecule has 1 amide bonds. The predicted octanol–water partition coefficient (Wildman–Crippen LogP) is 6.12. The number of benzene rings is 2. The van der Waals surface area contributed by atoms with Crippen LogP contribution in [0.25, 0.3) is 22.2 Å². The Balaban J connectivity index is 1.89. The second kappa shape index (κ2) is 8.96. The average Bonchev–Trinajstić information content (AvgIpc) is 2.66. The minimum atomic E-state index is -1.55. The highest BCUT2D eigenvalue weighted by molar-refractivity contribution is 6.39. The van der Waals surface area contributed by atoms with Gasteiger partial charge in [-0.2, -0.15) is 0 Å². The third-order valence-electron chi connectivity index (χ3n) is 4.78. The molecule has 1 atom stereocenters. The molecule has 0 aliphatic rings. The van der Waals surface area contributed by atoms with Gasteiger partial charge in [0.25, 0.3) is 0 Å². The molecule has 8 heteroatoms. The van der Waals surface area contributed by atoms with E-state index in [1.807, 2.05) is 18.2 Å². The van der Waals surface area contributed by atoms with Crippen molar-refractivity contribution in [1.29, 1.82) is 0 Å². The fraction of sp³-hybridized carbons (Fsp3) is 0.292. The van der Waals surface area contributed by atoms with Gasteiger partial charge in [-0.05, 0) is 63.6 Å². The summed E-state index contributed by atoms with van der Waals surface area (Å²) >= 11 is 12.6. The number of ether oxygens (including phenoxy) is 1. The molecule has 0 spiro atoms. The molecule has 0 saturated carbocycles. The monoisotopic (exact) mass is 474 g/mol. The molecule has 1 heterocycles. The van der Waals surface area contributed by atoms with E-state index in [0.29, 0.717) is 26.8 Å². The maximum Gasteiger partial charge on any atom is 0.408 e. The number of nitrogens with one attached hydrogen (secondary N) is 1. The second-order valence-corrected chi connectivity index (χ2v) is 9.58. The topological polar surface area (TPSA) is 88.5 Å². The molecule has 0 fully saturated rings. The second-order valence-electron chi connectivity index (χ2n) is 8.76.